The van der Waals surface area contributed by atoms with Gasteiger partial charge < -0.3 is 18.9 Å². The van der Waals surface area contributed by atoms with E-state index in [4.69, 9.17) is 112 Å². The standard InChI is InChI=1S/C26H31Cl2N5O3S.C25H31Cl2N5O3S.2C24H29Cl2N5O3S/c1-16(19-10-20(27)12-21(28)11-19)32-8-6-17(7-9-32)15-36-24-13-25-29-30-26(31-37(34,35)22-4-5-22)33(25)14-23(24)18-2-3-18;1-16(18-10-19(26)12-20(27)11-18)31-8-6-25(2,7-9-31)15-35-22-13-23-28-29-24(30-36(3,33)34)32(23)14-21(22)17-4-5-17;2*1-15(18-9-19(25)11-20(26)10-18)30-7-5-16(6-8-30)14-34-22-12-23-27-28-24(29-35(2,32)33)31(23)13-21(22)17-3-4-17/h10-14,16-18,22H,2-9,15H2,1H3,(H,30,31);10-14,16-17H,4-9,15H2,1-3H3,(H,29,30);2*9-13,15-17H,3-8,14H2,1-2H3,(H,28,29)/t2*16-;2*15-/m0110/s1. The van der Waals surface area contributed by atoms with Crippen molar-refractivity contribution >= 4 is 179 Å². The van der Waals surface area contributed by atoms with Gasteiger partial charge in [0, 0.05) is 141 Å². The predicted molar refractivity (Wildman–Crippen MR) is 564 cm³/mol. The molecule has 0 unspecified atom stereocenters. The van der Waals surface area contributed by atoms with Gasteiger partial charge in [-0.05, 0) is 332 Å². The molecule has 0 amide bonds. The summed E-state index contributed by atoms with van der Waals surface area (Å²) in [7, 11) is -13.8. The number of sulfonamides is 4. The largest absolute Gasteiger partial charge is 0.493 e. The molecule has 0 bridgehead atoms. The molecule has 5 saturated carbocycles. The lowest BCUT2D eigenvalue weighted by molar-refractivity contribution is 0.0511. The van der Waals surface area contributed by atoms with Crippen LogP contribution in [0.2, 0.25) is 40.2 Å². The van der Waals surface area contributed by atoms with Crippen LogP contribution in [0.15, 0.2) is 122 Å². The number of nitrogens with zero attached hydrogens (tertiary/aromatic N) is 16. The fraction of sp³-hybridized carbons (Fsp3) is 0.515. The topological polar surface area (TPSA) is 355 Å². The van der Waals surface area contributed by atoms with Crippen molar-refractivity contribution < 1.29 is 52.6 Å². The Morgan fingerprint density at radius 1 is 0.315 bits per heavy atom. The first-order chi connectivity index (χ1) is 68.1. The van der Waals surface area contributed by atoms with E-state index in [0.717, 1.165) is 241 Å². The maximum Gasteiger partial charge on any atom is 0.242 e. The molecule has 768 valence electrons. The van der Waals surface area contributed by atoms with Crippen molar-refractivity contribution in [3.8, 4) is 23.0 Å². The summed E-state index contributed by atoms with van der Waals surface area (Å²) < 4.78 is 137. The fourth-order valence-electron chi connectivity index (χ4n) is 19.5. The molecule has 4 aromatic carbocycles. The monoisotopic (exact) mass is 2190 g/mol. The molecule has 9 aliphatic rings. The van der Waals surface area contributed by atoms with Gasteiger partial charge in [0.2, 0.25) is 63.9 Å². The molecule has 0 spiro atoms. The number of piperidine rings is 4. The molecular weight excluding hydrogens is 2070 g/mol. The number of ether oxygens (including phenoxy) is 4. The quantitative estimate of drug-likeness (QED) is 0.0297. The third kappa shape index (κ3) is 27.3. The van der Waals surface area contributed by atoms with Crippen LogP contribution >= 0.6 is 92.8 Å². The van der Waals surface area contributed by atoms with Gasteiger partial charge in [0.15, 0.2) is 22.6 Å². The van der Waals surface area contributed by atoms with Gasteiger partial charge in [0.1, 0.15) is 23.0 Å². The van der Waals surface area contributed by atoms with Crippen molar-refractivity contribution in [2.24, 2.45) is 23.2 Å². The molecule has 21 rings (SSSR count). The van der Waals surface area contributed by atoms with Gasteiger partial charge in [-0.2, -0.15) is 0 Å². The van der Waals surface area contributed by atoms with E-state index < -0.39 is 40.1 Å². The minimum atomic E-state index is -3.45. The minimum absolute atomic E-state index is 0.0474. The molecule has 4 aliphatic heterocycles. The zero-order chi connectivity index (χ0) is 101. The molecule has 4 atom stereocenters. The molecule has 143 heavy (non-hydrogen) atoms. The summed E-state index contributed by atoms with van der Waals surface area (Å²) in [5.41, 5.74) is 11.2. The van der Waals surface area contributed by atoms with Crippen molar-refractivity contribution in [1.29, 1.82) is 0 Å². The molecule has 44 heteroatoms. The Balaban J connectivity index is 0.000000126. The Morgan fingerprint density at radius 2 is 0.545 bits per heavy atom. The highest BCUT2D eigenvalue weighted by atomic mass is 35.5. The number of hydrogen-bond donors (Lipinski definition) is 4. The van der Waals surface area contributed by atoms with Crippen molar-refractivity contribution in [3.05, 3.63) is 207 Å². The molecule has 4 N–H and O–H groups in total. The maximum absolute atomic E-state index is 12.4. The molecule has 0 radical (unpaired) electrons. The Labute approximate surface area is 875 Å². The zero-order valence-electron chi connectivity index (χ0n) is 80.9. The lowest BCUT2D eigenvalue weighted by Crippen LogP contribution is -2.42. The van der Waals surface area contributed by atoms with Gasteiger partial charge in [-0.15, -0.1) is 40.8 Å². The van der Waals surface area contributed by atoms with E-state index in [1.165, 1.54) is 0 Å². The number of anilines is 4. The van der Waals surface area contributed by atoms with E-state index in [0.29, 0.717) is 143 Å². The third-order valence-corrected chi connectivity index (χ3v) is 34.1. The van der Waals surface area contributed by atoms with Gasteiger partial charge in [-0.1, -0.05) is 99.7 Å². The summed E-state index contributed by atoms with van der Waals surface area (Å²) in [6.07, 6.45) is 29.5. The van der Waals surface area contributed by atoms with Crippen LogP contribution in [0.5, 0.6) is 23.0 Å². The average molecular weight is 2190 g/mol. The number of aromatic nitrogens is 12. The number of rotatable bonds is 33. The van der Waals surface area contributed by atoms with Crippen molar-refractivity contribution in [3.63, 3.8) is 0 Å². The van der Waals surface area contributed by atoms with E-state index in [1.807, 2.05) is 97.6 Å². The molecular formula is C99H120Cl8N20O12S4. The number of pyridine rings is 4. The third-order valence-electron chi connectivity index (χ3n) is 28.8. The molecule has 8 aromatic heterocycles. The number of hydrogen-bond acceptors (Lipinski definition) is 24. The maximum atomic E-state index is 12.4. The zero-order valence-corrected chi connectivity index (χ0v) is 90.2. The van der Waals surface area contributed by atoms with Gasteiger partial charge in [0.05, 0.1) is 50.4 Å². The lowest BCUT2D eigenvalue weighted by atomic mass is 9.80. The molecule has 5 aliphatic carbocycles. The van der Waals surface area contributed by atoms with E-state index >= 15 is 0 Å². The van der Waals surface area contributed by atoms with Crippen molar-refractivity contribution in [1.82, 2.24) is 78.0 Å². The van der Waals surface area contributed by atoms with Gasteiger partial charge >= 0.3 is 0 Å². The van der Waals surface area contributed by atoms with Gasteiger partial charge in [-0.3, -0.25) is 56.1 Å². The summed E-state index contributed by atoms with van der Waals surface area (Å²) in [6.45, 7) is 21.5. The second-order valence-corrected chi connectivity index (χ2v) is 51.2. The van der Waals surface area contributed by atoms with Crippen LogP contribution in [0, 0.1) is 23.2 Å². The first-order valence-electron chi connectivity index (χ1n) is 48.9. The first kappa shape index (κ1) is 105. The first-order valence-corrected chi connectivity index (χ1v) is 59.1. The Bertz CT molecular complexity index is 6850. The second kappa shape index (κ2) is 43.9. The van der Waals surface area contributed by atoms with Crippen molar-refractivity contribution in [2.75, 3.05) is 116 Å². The van der Waals surface area contributed by atoms with Crippen LogP contribution in [-0.2, 0) is 40.1 Å². The Hall–Kier alpha value is -8.28. The number of halogens is 8. The van der Waals surface area contributed by atoms with Crippen molar-refractivity contribution in [2.45, 2.75) is 203 Å². The highest BCUT2D eigenvalue weighted by molar-refractivity contribution is 7.93. The van der Waals surface area contributed by atoms with Crippen LogP contribution in [-0.4, -0.2) is 214 Å². The van der Waals surface area contributed by atoms with E-state index in [-0.39, 0.29) is 58.6 Å². The normalized spacial score (nSPS) is 19.2. The average Bonchev–Trinajstić information content (AvgIpc) is 1.63. The number of nitrogens with one attached hydrogen (secondary N) is 4. The van der Waals surface area contributed by atoms with Crippen LogP contribution < -0.4 is 37.8 Å². The van der Waals surface area contributed by atoms with Crippen LogP contribution in [0.3, 0.4) is 0 Å². The second-order valence-electron chi connectivity index (χ2n) is 40.5. The summed E-state index contributed by atoms with van der Waals surface area (Å²) >= 11 is 49.7. The van der Waals surface area contributed by atoms with E-state index in [9.17, 15) is 33.7 Å². The van der Waals surface area contributed by atoms with Crippen LogP contribution in [0.1, 0.15) is 243 Å². The molecule has 12 aromatic rings. The van der Waals surface area contributed by atoms with Crippen LogP contribution in [0.4, 0.5) is 23.8 Å². The Kier molecular flexibility index (Phi) is 32.1. The number of likely N-dealkylation sites (tertiary alicyclic amines) is 4. The molecule has 12 heterocycles. The molecule has 4 saturated heterocycles. The van der Waals surface area contributed by atoms with E-state index in [2.05, 4.69) is 114 Å². The summed E-state index contributed by atoms with van der Waals surface area (Å²) in [5, 5.41) is 37.7. The van der Waals surface area contributed by atoms with Gasteiger partial charge in [0.25, 0.3) is 0 Å². The van der Waals surface area contributed by atoms with E-state index in [1.54, 1.807) is 41.9 Å². The smallest absolute Gasteiger partial charge is 0.242 e. The SMILES string of the molecule is C[C@@H](c1cc(Cl)cc(Cl)c1)N1CCC(COc2cc3nnc(NS(=O)(=O)C4CC4)n3cc2C2CC2)CC1.C[C@@H](c1cc(Cl)cc(Cl)c1)N1CCC(COc2cc3nnc(NS(C)(=O)=O)n3cc2C2CC2)CC1.C[C@H](c1cc(Cl)cc(Cl)c1)N1CCC(C)(COc2cc3nnc(NS(C)(=O)=O)n3cc2C2CC2)CC1.C[C@H](c1cc(Cl)cc(Cl)c1)N1CCC(COc2cc3nnc(NS(C)(=O)=O)n3cc2C2CC2)CC1. The summed E-state index contributed by atoms with van der Waals surface area (Å²) in [4.78, 5) is 9.87. The number of fused-ring (bicyclic) bond motifs is 4. The fourth-order valence-corrected chi connectivity index (χ4v) is 24.4. The molecule has 9 fully saturated rings. The highest BCUT2D eigenvalue weighted by Gasteiger charge is 2.41. The molecule has 32 nitrogen and oxygen atoms in total. The minimum Gasteiger partial charge on any atom is -0.493 e. The lowest BCUT2D eigenvalue weighted by Gasteiger charge is -2.42. The Morgan fingerprint density at radius 3 is 0.776 bits per heavy atom. The predicted octanol–water partition coefficient (Wildman–Crippen LogP) is 21.5. The summed E-state index contributed by atoms with van der Waals surface area (Å²) in [6, 6.07) is 31.5. The van der Waals surface area contributed by atoms with Crippen LogP contribution in [0.25, 0.3) is 22.6 Å². The number of benzene rings is 4. The highest BCUT2D eigenvalue weighted by Crippen LogP contribution is 2.51. The summed E-state index contributed by atoms with van der Waals surface area (Å²) in [5.74, 6) is 7.21. The van der Waals surface area contributed by atoms with Gasteiger partial charge in [-0.25, -0.2) is 33.7 Å².